The van der Waals surface area contributed by atoms with Crippen molar-refractivity contribution in [2.24, 2.45) is 0 Å². The van der Waals surface area contributed by atoms with E-state index in [0.29, 0.717) is 6.10 Å². The van der Waals surface area contributed by atoms with E-state index in [9.17, 15) is 0 Å². The first-order valence-electron chi connectivity index (χ1n) is 2.63. The van der Waals surface area contributed by atoms with Crippen molar-refractivity contribution in [3.8, 4) is 0 Å². The summed E-state index contributed by atoms with van der Waals surface area (Å²) in [4.78, 5) is 4.94. The largest absolute Gasteiger partial charge is 0.299 e. The van der Waals surface area contributed by atoms with E-state index in [1.54, 1.807) is 7.05 Å². The van der Waals surface area contributed by atoms with Crippen molar-refractivity contribution < 1.29 is 4.84 Å². The molecule has 0 heterocycles. The van der Waals surface area contributed by atoms with Crippen molar-refractivity contribution in [1.29, 1.82) is 0 Å². The summed E-state index contributed by atoms with van der Waals surface area (Å²) < 4.78 is 0. The zero-order valence-electron chi connectivity index (χ0n) is 5.19. The van der Waals surface area contributed by atoms with Crippen molar-refractivity contribution >= 4 is 0 Å². The van der Waals surface area contributed by atoms with Gasteiger partial charge in [-0.15, -0.1) is 0 Å². The lowest BCUT2D eigenvalue weighted by atomic mass is 10.3. The molecule has 2 heteroatoms. The summed E-state index contributed by atoms with van der Waals surface area (Å²) in [5.41, 5.74) is 2.62. The summed E-state index contributed by atoms with van der Waals surface area (Å²) in [5.74, 6) is 0. The summed E-state index contributed by atoms with van der Waals surface area (Å²) in [5, 5.41) is 0. The minimum absolute atomic E-state index is 0.338. The number of hydrogen-bond donors (Lipinski definition) is 1. The molecule has 0 aromatic rings. The van der Waals surface area contributed by atoms with Gasteiger partial charge in [-0.2, -0.15) is 0 Å². The molecule has 0 aromatic heterocycles. The Morgan fingerprint density at radius 2 is 2.29 bits per heavy atom. The molecule has 0 saturated heterocycles. The standard InChI is InChI=1S/C5H13NO/c1-4-5(2)7-6-3/h5-6H,4H2,1-3H3. The van der Waals surface area contributed by atoms with E-state index in [2.05, 4.69) is 12.4 Å². The Hall–Kier alpha value is -0.0800. The first-order valence-corrected chi connectivity index (χ1v) is 2.63. The van der Waals surface area contributed by atoms with Crippen LogP contribution in [0.25, 0.3) is 0 Å². The summed E-state index contributed by atoms with van der Waals surface area (Å²) >= 11 is 0. The predicted octanol–water partition coefficient (Wildman–Crippen LogP) is 0.936. The fourth-order valence-corrected chi connectivity index (χ4v) is 0.285. The molecule has 0 bridgehead atoms. The normalized spacial score (nSPS) is 14.1. The molecular weight excluding hydrogens is 90.1 g/mol. The van der Waals surface area contributed by atoms with Gasteiger partial charge in [0.05, 0.1) is 6.10 Å². The molecule has 1 atom stereocenters. The van der Waals surface area contributed by atoms with Crippen LogP contribution < -0.4 is 5.48 Å². The maximum atomic E-state index is 4.94. The van der Waals surface area contributed by atoms with Gasteiger partial charge in [-0.05, 0) is 13.3 Å². The van der Waals surface area contributed by atoms with Gasteiger partial charge < -0.3 is 0 Å². The molecular formula is C5H13NO. The minimum Gasteiger partial charge on any atom is -0.299 e. The highest BCUT2D eigenvalue weighted by Gasteiger charge is 1.92. The fourth-order valence-electron chi connectivity index (χ4n) is 0.285. The van der Waals surface area contributed by atoms with Crippen LogP contribution in [0.4, 0.5) is 0 Å². The maximum absolute atomic E-state index is 4.94. The van der Waals surface area contributed by atoms with E-state index in [-0.39, 0.29) is 0 Å². The average Bonchev–Trinajstić information content (AvgIpc) is 1.68. The molecule has 1 unspecified atom stereocenters. The third-order valence-electron chi connectivity index (χ3n) is 0.894. The van der Waals surface area contributed by atoms with Crippen LogP contribution in [-0.4, -0.2) is 13.2 Å². The Labute approximate surface area is 44.8 Å². The quantitative estimate of drug-likeness (QED) is 0.537. The second-order valence-corrected chi connectivity index (χ2v) is 1.54. The van der Waals surface area contributed by atoms with Gasteiger partial charge in [-0.1, -0.05) is 6.92 Å². The second kappa shape index (κ2) is 4.09. The lowest BCUT2D eigenvalue weighted by Crippen LogP contribution is -2.16. The van der Waals surface area contributed by atoms with Gasteiger partial charge in [0.1, 0.15) is 0 Å². The van der Waals surface area contributed by atoms with Gasteiger partial charge in [-0.3, -0.25) is 4.84 Å². The minimum atomic E-state index is 0.338. The van der Waals surface area contributed by atoms with Gasteiger partial charge in [0.2, 0.25) is 0 Å². The third kappa shape index (κ3) is 3.76. The monoisotopic (exact) mass is 103 g/mol. The lowest BCUT2D eigenvalue weighted by molar-refractivity contribution is -0.00279. The highest BCUT2D eigenvalue weighted by molar-refractivity contribution is 4.38. The third-order valence-corrected chi connectivity index (χ3v) is 0.894. The smallest absolute Gasteiger partial charge is 0.0759 e. The zero-order valence-corrected chi connectivity index (χ0v) is 5.19. The maximum Gasteiger partial charge on any atom is 0.0759 e. The summed E-state index contributed by atoms with van der Waals surface area (Å²) in [6.45, 7) is 4.11. The number of nitrogens with one attached hydrogen (secondary N) is 1. The topological polar surface area (TPSA) is 21.3 Å². The molecule has 0 rings (SSSR count). The number of rotatable bonds is 3. The molecule has 0 aliphatic heterocycles. The average molecular weight is 103 g/mol. The van der Waals surface area contributed by atoms with E-state index in [4.69, 9.17) is 4.84 Å². The fraction of sp³-hybridized carbons (Fsp3) is 1.00. The molecule has 0 aromatic carbocycles. The molecule has 0 aliphatic carbocycles. The Balaban J connectivity index is 2.83. The predicted molar refractivity (Wildman–Crippen MR) is 29.9 cm³/mol. The van der Waals surface area contributed by atoms with Crippen LogP contribution in [0.5, 0.6) is 0 Å². The van der Waals surface area contributed by atoms with Crippen molar-refractivity contribution in [2.75, 3.05) is 7.05 Å². The Bertz CT molecular complexity index is 39.1. The van der Waals surface area contributed by atoms with Crippen LogP contribution in [0.15, 0.2) is 0 Å². The first kappa shape index (κ1) is 6.92. The van der Waals surface area contributed by atoms with Crippen molar-refractivity contribution in [1.82, 2.24) is 5.48 Å². The first-order chi connectivity index (χ1) is 3.31. The van der Waals surface area contributed by atoms with Crippen LogP contribution in [0.3, 0.4) is 0 Å². The number of hydroxylamine groups is 1. The summed E-state index contributed by atoms with van der Waals surface area (Å²) in [6.07, 6.45) is 1.39. The van der Waals surface area contributed by atoms with Crippen molar-refractivity contribution in [2.45, 2.75) is 26.4 Å². The Morgan fingerprint density at radius 1 is 1.71 bits per heavy atom. The van der Waals surface area contributed by atoms with Gasteiger partial charge in [-0.25, -0.2) is 5.48 Å². The van der Waals surface area contributed by atoms with E-state index in [0.717, 1.165) is 6.42 Å². The van der Waals surface area contributed by atoms with Crippen molar-refractivity contribution in [3.63, 3.8) is 0 Å². The molecule has 0 aliphatic rings. The summed E-state index contributed by atoms with van der Waals surface area (Å²) in [7, 11) is 1.77. The van der Waals surface area contributed by atoms with E-state index < -0.39 is 0 Å². The molecule has 0 radical (unpaired) electrons. The molecule has 44 valence electrons. The van der Waals surface area contributed by atoms with Crippen LogP contribution in [0, 0.1) is 0 Å². The highest BCUT2D eigenvalue weighted by atomic mass is 16.6. The van der Waals surface area contributed by atoms with Crippen LogP contribution >= 0.6 is 0 Å². The SMILES string of the molecule is CCC(C)ONC. The van der Waals surface area contributed by atoms with Crippen LogP contribution in [-0.2, 0) is 4.84 Å². The Morgan fingerprint density at radius 3 is 2.43 bits per heavy atom. The van der Waals surface area contributed by atoms with Gasteiger partial charge in [0, 0.05) is 7.05 Å². The highest BCUT2D eigenvalue weighted by Crippen LogP contribution is 1.89. The lowest BCUT2D eigenvalue weighted by Gasteiger charge is -2.05. The van der Waals surface area contributed by atoms with Gasteiger partial charge in [0.15, 0.2) is 0 Å². The molecule has 0 saturated carbocycles. The molecule has 2 nitrogen and oxygen atoms in total. The molecule has 1 N–H and O–H groups in total. The Kier molecular flexibility index (Phi) is 4.04. The number of hydrogen-bond acceptors (Lipinski definition) is 2. The molecule has 0 spiro atoms. The van der Waals surface area contributed by atoms with Gasteiger partial charge >= 0.3 is 0 Å². The van der Waals surface area contributed by atoms with Gasteiger partial charge in [0.25, 0.3) is 0 Å². The van der Waals surface area contributed by atoms with E-state index in [1.807, 2.05) is 6.92 Å². The zero-order chi connectivity index (χ0) is 5.70. The van der Waals surface area contributed by atoms with Crippen molar-refractivity contribution in [3.05, 3.63) is 0 Å². The molecule has 0 amide bonds. The molecule has 7 heavy (non-hydrogen) atoms. The van der Waals surface area contributed by atoms with E-state index in [1.165, 1.54) is 0 Å². The summed E-state index contributed by atoms with van der Waals surface area (Å²) in [6, 6.07) is 0. The van der Waals surface area contributed by atoms with E-state index >= 15 is 0 Å². The second-order valence-electron chi connectivity index (χ2n) is 1.54. The molecule has 0 fully saturated rings. The van der Waals surface area contributed by atoms with Crippen LogP contribution in [0.2, 0.25) is 0 Å². The van der Waals surface area contributed by atoms with Crippen LogP contribution in [0.1, 0.15) is 20.3 Å².